The zero-order valence-electron chi connectivity index (χ0n) is 12.6. The van der Waals surface area contributed by atoms with Crippen molar-refractivity contribution in [2.24, 2.45) is 0 Å². The molecule has 22 heavy (non-hydrogen) atoms. The van der Waals surface area contributed by atoms with Gasteiger partial charge in [0.25, 0.3) is 0 Å². The van der Waals surface area contributed by atoms with E-state index in [-0.39, 0.29) is 0 Å². The fraction of sp³-hybridized carbons (Fsp3) is 0.0909. The summed E-state index contributed by atoms with van der Waals surface area (Å²) in [5.41, 5.74) is 7.08. The van der Waals surface area contributed by atoms with Crippen LogP contribution in [0.4, 0.5) is 0 Å². The molecule has 0 atom stereocenters. The van der Waals surface area contributed by atoms with Crippen molar-refractivity contribution in [3.63, 3.8) is 0 Å². The van der Waals surface area contributed by atoms with Gasteiger partial charge in [-0.05, 0) is 57.1 Å². The predicted octanol–water partition coefficient (Wildman–Crippen LogP) is 5.87. The van der Waals surface area contributed by atoms with Gasteiger partial charge < -0.3 is 0 Å². The van der Waals surface area contributed by atoms with Crippen molar-refractivity contribution in [3.05, 3.63) is 83.4 Å². The molecule has 0 spiro atoms. The first kappa shape index (κ1) is 12.0. The molecule has 5 rings (SSSR count). The summed E-state index contributed by atoms with van der Waals surface area (Å²) < 4.78 is 0. The molecular weight excluding hydrogens is 264 g/mol. The van der Waals surface area contributed by atoms with E-state index in [1.54, 1.807) is 0 Å². The highest BCUT2D eigenvalue weighted by Gasteiger charge is 2.20. The Morgan fingerprint density at radius 1 is 0.682 bits per heavy atom. The molecular formula is C22H16. The lowest BCUT2D eigenvalue weighted by Crippen LogP contribution is -1.85. The van der Waals surface area contributed by atoms with Crippen LogP contribution in [0.1, 0.15) is 16.7 Å². The third kappa shape index (κ3) is 1.52. The van der Waals surface area contributed by atoms with Crippen molar-refractivity contribution in [1.82, 2.24) is 0 Å². The highest BCUT2D eigenvalue weighted by Crippen LogP contribution is 2.42. The quantitative estimate of drug-likeness (QED) is 0.311. The summed E-state index contributed by atoms with van der Waals surface area (Å²) >= 11 is 0. The van der Waals surface area contributed by atoms with E-state index < -0.39 is 0 Å². The average Bonchev–Trinajstić information content (AvgIpc) is 2.93. The van der Waals surface area contributed by atoms with Crippen LogP contribution < -0.4 is 0 Å². The first-order valence-corrected chi connectivity index (χ1v) is 7.84. The fourth-order valence-electron chi connectivity index (χ4n) is 3.90. The summed E-state index contributed by atoms with van der Waals surface area (Å²) in [5, 5.41) is 5.45. The lowest BCUT2D eigenvalue weighted by Gasteiger charge is -2.10. The smallest absolute Gasteiger partial charge is 0.00132 e. The molecule has 1 aliphatic carbocycles. The molecule has 0 nitrogen and oxygen atoms in total. The van der Waals surface area contributed by atoms with Crippen molar-refractivity contribution in [1.29, 1.82) is 0 Å². The van der Waals surface area contributed by atoms with Gasteiger partial charge in [0.15, 0.2) is 0 Å². The third-order valence-corrected chi connectivity index (χ3v) is 4.93. The van der Waals surface area contributed by atoms with E-state index in [1.165, 1.54) is 49.4 Å². The van der Waals surface area contributed by atoms with Crippen LogP contribution in [0, 0.1) is 6.92 Å². The molecule has 0 fully saturated rings. The molecule has 0 bridgehead atoms. The van der Waals surface area contributed by atoms with Gasteiger partial charge in [-0.2, -0.15) is 0 Å². The molecule has 0 radical (unpaired) electrons. The maximum atomic E-state index is 2.32. The highest BCUT2D eigenvalue weighted by molar-refractivity contribution is 6.13. The minimum Gasteiger partial charge on any atom is -0.0619 e. The molecule has 0 aromatic heterocycles. The van der Waals surface area contributed by atoms with Crippen molar-refractivity contribution < 1.29 is 0 Å². The second-order valence-corrected chi connectivity index (χ2v) is 6.32. The second kappa shape index (κ2) is 4.20. The molecule has 0 N–H and O–H groups in total. The van der Waals surface area contributed by atoms with Crippen LogP contribution in [0.25, 0.3) is 32.7 Å². The van der Waals surface area contributed by atoms with E-state index in [2.05, 4.69) is 73.7 Å². The third-order valence-electron chi connectivity index (χ3n) is 4.93. The number of hydrogen-bond donors (Lipinski definition) is 0. The zero-order valence-corrected chi connectivity index (χ0v) is 12.6. The number of rotatable bonds is 0. The molecule has 0 heteroatoms. The number of hydrogen-bond acceptors (Lipinski definition) is 0. The van der Waals surface area contributed by atoms with Crippen LogP contribution in [-0.2, 0) is 6.42 Å². The van der Waals surface area contributed by atoms with Crippen molar-refractivity contribution >= 4 is 21.5 Å². The normalized spacial score (nSPS) is 12.6. The Morgan fingerprint density at radius 3 is 2.45 bits per heavy atom. The van der Waals surface area contributed by atoms with Crippen LogP contribution in [0.5, 0.6) is 0 Å². The van der Waals surface area contributed by atoms with Gasteiger partial charge in [0.05, 0.1) is 0 Å². The van der Waals surface area contributed by atoms with E-state index in [0.29, 0.717) is 0 Å². The second-order valence-electron chi connectivity index (χ2n) is 6.32. The van der Waals surface area contributed by atoms with E-state index in [1.807, 2.05) is 0 Å². The summed E-state index contributed by atoms with van der Waals surface area (Å²) in [7, 11) is 0. The Kier molecular flexibility index (Phi) is 2.29. The Hall–Kier alpha value is -2.60. The Morgan fingerprint density at radius 2 is 1.50 bits per heavy atom. The van der Waals surface area contributed by atoms with Gasteiger partial charge in [0, 0.05) is 0 Å². The van der Waals surface area contributed by atoms with Crippen LogP contribution in [0.2, 0.25) is 0 Å². The average molecular weight is 280 g/mol. The highest BCUT2D eigenvalue weighted by atomic mass is 14.2. The van der Waals surface area contributed by atoms with E-state index in [0.717, 1.165) is 6.42 Å². The van der Waals surface area contributed by atoms with Gasteiger partial charge >= 0.3 is 0 Å². The Balaban J connectivity index is 1.94. The van der Waals surface area contributed by atoms with E-state index in [9.17, 15) is 0 Å². The van der Waals surface area contributed by atoms with Gasteiger partial charge in [-0.3, -0.25) is 0 Å². The van der Waals surface area contributed by atoms with Gasteiger partial charge in [-0.1, -0.05) is 72.3 Å². The van der Waals surface area contributed by atoms with Crippen molar-refractivity contribution in [3.8, 4) is 11.1 Å². The number of fused-ring (bicyclic) bond motifs is 7. The molecule has 0 saturated heterocycles. The predicted molar refractivity (Wildman–Crippen MR) is 94.4 cm³/mol. The molecule has 0 unspecified atom stereocenters. The standard InChI is InChI=1S/C22H16/c1-14-6-9-18-16(12-14)7-11-21-20(18)10-8-17-13-15-4-2-3-5-19(15)22(17)21/h2-12H,13H2,1H3. The van der Waals surface area contributed by atoms with Gasteiger partial charge in [-0.15, -0.1) is 0 Å². The fourth-order valence-corrected chi connectivity index (χ4v) is 3.90. The van der Waals surface area contributed by atoms with Crippen LogP contribution in [0.3, 0.4) is 0 Å². The summed E-state index contributed by atoms with van der Waals surface area (Å²) in [6.07, 6.45) is 1.06. The molecule has 4 aromatic rings. The van der Waals surface area contributed by atoms with Gasteiger partial charge in [-0.25, -0.2) is 0 Å². The Labute approximate surface area is 130 Å². The summed E-state index contributed by atoms with van der Waals surface area (Å²) in [5.74, 6) is 0. The van der Waals surface area contributed by atoms with Crippen molar-refractivity contribution in [2.45, 2.75) is 13.3 Å². The molecule has 0 amide bonds. The van der Waals surface area contributed by atoms with Crippen molar-refractivity contribution in [2.75, 3.05) is 0 Å². The van der Waals surface area contributed by atoms with Crippen LogP contribution in [-0.4, -0.2) is 0 Å². The molecule has 1 aliphatic rings. The molecule has 0 aliphatic heterocycles. The first-order valence-electron chi connectivity index (χ1n) is 7.84. The largest absolute Gasteiger partial charge is 0.0619 e. The summed E-state index contributed by atoms with van der Waals surface area (Å²) in [6, 6.07) is 24.8. The molecule has 104 valence electrons. The number of aryl methyl sites for hydroxylation is 1. The van der Waals surface area contributed by atoms with E-state index >= 15 is 0 Å². The monoisotopic (exact) mass is 280 g/mol. The van der Waals surface area contributed by atoms with Crippen LogP contribution in [0.15, 0.2) is 66.7 Å². The van der Waals surface area contributed by atoms with Crippen LogP contribution >= 0.6 is 0 Å². The molecule has 0 heterocycles. The summed E-state index contributed by atoms with van der Waals surface area (Å²) in [6.45, 7) is 2.16. The maximum Gasteiger partial charge on any atom is -0.00132 e. The Bertz CT molecular complexity index is 1050. The minimum absolute atomic E-state index is 1.06. The number of benzene rings is 4. The van der Waals surface area contributed by atoms with E-state index in [4.69, 9.17) is 0 Å². The lowest BCUT2D eigenvalue weighted by molar-refractivity contribution is 1.27. The topological polar surface area (TPSA) is 0 Å². The van der Waals surface area contributed by atoms with Gasteiger partial charge in [0.1, 0.15) is 0 Å². The maximum absolute atomic E-state index is 2.32. The zero-order chi connectivity index (χ0) is 14.7. The summed E-state index contributed by atoms with van der Waals surface area (Å²) in [4.78, 5) is 0. The minimum atomic E-state index is 1.06. The SMILES string of the molecule is Cc1ccc2c(ccc3c4c(ccc32)Cc2ccccc2-4)c1. The lowest BCUT2D eigenvalue weighted by atomic mass is 9.94. The molecule has 0 saturated carbocycles. The first-order chi connectivity index (χ1) is 10.8. The molecule has 4 aromatic carbocycles. The van der Waals surface area contributed by atoms with Gasteiger partial charge in [0.2, 0.25) is 0 Å².